The number of hydrogen-bond donors (Lipinski definition) is 1. The molecule has 1 aliphatic carbocycles. The lowest BCUT2D eigenvalue weighted by molar-refractivity contribution is 0.395. The van der Waals surface area contributed by atoms with E-state index in [1.54, 1.807) is 7.11 Å². The van der Waals surface area contributed by atoms with E-state index in [4.69, 9.17) is 4.74 Å². The minimum Gasteiger partial charge on any atom is -0.481 e. The van der Waals surface area contributed by atoms with Crippen LogP contribution in [0.5, 0.6) is 5.88 Å². The molecule has 16 heavy (non-hydrogen) atoms. The average Bonchev–Trinajstić information content (AvgIpc) is 2.98. The van der Waals surface area contributed by atoms with Gasteiger partial charge < -0.3 is 10.1 Å². The van der Waals surface area contributed by atoms with Gasteiger partial charge in [0.05, 0.1) is 7.11 Å². The van der Waals surface area contributed by atoms with Crippen molar-refractivity contribution in [3.05, 3.63) is 11.9 Å². The van der Waals surface area contributed by atoms with E-state index in [0.29, 0.717) is 5.88 Å². The van der Waals surface area contributed by atoms with Crippen LogP contribution in [0.3, 0.4) is 0 Å². The van der Waals surface area contributed by atoms with Gasteiger partial charge in [0.15, 0.2) is 0 Å². The van der Waals surface area contributed by atoms with Gasteiger partial charge in [-0.1, -0.05) is 0 Å². The molecular weight excluding hydrogens is 202 g/mol. The number of nitrogens with zero attached hydrogens (tertiary/aromatic N) is 2. The molecule has 1 fully saturated rings. The molecule has 1 saturated carbocycles. The van der Waals surface area contributed by atoms with Gasteiger partial charge in [-0.05, 0) is 39.5 Å². The highest BCUT2D eigenvalue weighted by Crippen LogP contribution is 2.40. The van der Waals surface area contributed by atoms with Crippen LogP contribution in [0.15, 0.2) is 6.07 Å². The second-order valence-corrected chi connectivity index (χ2v) is 4.96. The third-order valence-electron chi connectivity index (χ3n) is 3.07. The molecule has 88 valence electrons. The summed E-state index contributed by atoms with van der Waals surface area (Å²) in [6, 6.07) is 1.84. The van der Waals surface area contributed by atoms with E-state index in [0.717, 1.165) is 17.6 Å². The Morgan fingerprint density at radius 1 is 1.38 bits per heavy atom. The molecular formula is C12H19N3O. The van der Waals surface area contributed by atoms with Crippen LogP contribution in [0.1, 0.15) is 32.5 Å². The highest BCUT2D eigenvalue weighted by molar-refractivity contribution is 5.41. The predicted octanol–water partition coefficient (Wildman–Crippen LogP) is 2.39. The van der Waals surface area contributed by atoms with Gasteiger partial charge in [0.1, 0.15) is 11.6 Å². The Balaban J connectivity index is 2.16. The summed E-state index contributed by atoms with van der Waals surface area (Å²) < 4.78 is 5.14. The minimum atomic E-state index is 0.103. The Morgan fingerprint density at radius 3 is 2.62 bits per heavy atom. The smallest absolute Gasteiger partial charge is 0.218 e. The highest BCUT2D eigenvalue weighted by Gasteiger charge is 2.37. The lowest BCUT2D eigenvalue weighted by atomic mass is 9.99. The molecule has 0 spiro atoms. The van der Waals surface area contributed by atoms with Gasteiger partial charge >= 0.3 is 0 Å². The first-order valence-corrected chi connectivity index (χ1v) is 5.69. The Kier molecular flexibility index (Phi) is 2.74. The van der Waals surface area contributed by atoms with Crippen LogP contribution in [-0.2, 0) is 0 Å². The number of ether oxygens (including phenoxy) is 1. The van der Waals surface area contributed by atoms with Crippen molar-refractivity contribution in [1.29, 1.82) is 0 Å². The SMILES string of the molecule is COc1cc(NC(C)(C)C2CC2)nc(C)n1. The van der Waals surface area contributed by atoms with Crippen molar-refractivity contribution in [2.45, 2.75) is 39.2 Å². The number of aromatic nitrogens is 2. The quantitative estimate of drug-likeness (QED) is 0.848. The first kappa shape index (κ1) is 11.2. The monoisotopic (exact) mass is 221 g/mol. The molecule has 0 atom stereocenters. The molecule has 0 radical (unpaired) electrons. The molecule has 0 aromatic carbocycles. The lowest BCUT2D eigenvalue weighted by Gasteiger charge is -2.27. The molecule has 1 heterocycles. The number of rotatable bonds is 4. The molecule has 0 aliphatic heterocycles. The number of anilines is 1. The number of hydrogen-bond acceptors (Lipinski definition) is 4. The fraction of sp³-hybridized carbons (Fsp3) is 0.667. The fourth-order valence-electron chi connectivity index (χ4n) is 1.95. The van der Waals surface area contributed by atoms with Gasteiger partial charge in [-0.3, -0.25) is 0 Å². The number of nitrogens with one attached hydrogen (secondary N) is 1. The highest BCUT2D eigenvalue weighted by atomic mass is 16.5. The van der Waals surface area contributed by atoms with E-state index in [-0.39, 0.29) is 5.54 Å². The molecule has 1 aromatic rings. The Bertz CT molecular complexity index is 386. The summed E-state index contributed by atoms with van der Waals surface area (Å²) in [5.74, 6) is 2.95. The summed E-state index contributed by atoms with van der Waals surface area (Å²) in [5.41, 5.74) is 0.103. The van der Waals surface area contributed by atoms with Crippen LogP contribution in [0.4, 0.5) is 5.82 Å². The molecule has 1 N–H and O–H groups in total. The van der Waals surface area contributed by atoms with Crippen molar-refractivity contribution in [3.8, 4) is 5.88 Å². The molecule has 4 heteroatoms. The van der Waals surface area contributed by atoms with Crippen molar-refractivity contribution in [2.24, 2.45) is 5.92 Å². The van der Waals surface area contributed by atoms with Crippen LogP contribution in [-0.4, -0.2) is 22.6 Å². The van der Waals surface area contributed by atoms with Gasteiger partial charge in [0.25, 0.3) is 0 Å². The van der Waals surface area contributed by atoms with E-state index in [1.807, 2.05) is 13.0 Å². The topological polar surface area (TPSA) is 47.0 Å². The maximum Gasteiger partial charge on any atom is 0.218 e. The second kappa shape index (κ2) is 3.92. The minimum absolute atomic E-state index is 0.103. The molecule has 0 bridgehead atoms. The summed E-state index contributed by atoms with van der Waals surface area (Å²) in [7, 11) is 1.62. The molecule has 1 aromatic heterocycles. The standard InChI is InChI=1S/C12H19N3O/c1-8-13-10(7-11(14-8)16-4)15-12(2,3)9-5-6-9/h7,9H,5-6H2,1-4H3,(H,13,14,15). The van der Waals surface area contributed by atoms with Crippen LogP contribution in [0, 0.1) is 12.8 Å². The molecule has 0 saturated heterocycles. The van der Waals surface area contributed by atoms with Gasteiger partial charge in [0, 0.05) is 11.6 Å². The third-order valence-corrected chi connectivity index (χ3v) is 3.07. The zero-order valence-corrected chi connectivity index (χ0v) is 10.4. The van der Waals surface area contributed by atoms with Gasteiger partial charge in [-0.15, -0.1) is 0 Å². The van der Waals surface area contributed by atoms with E-state index in [9.17, 15) is 0 Å². The van der Waals surface area contributed by atoms with E-state index < -0.39 is 0 Å². The molecule has 2 rings (SSSR count). The summed E-state index contributed by atoms with van der Waals surface area (Å²) in [6.45, 7) is 6.31. The van der Waals surface area contributed by atoms with Crippen molar-refractivity contribution in [3.63, 3.8) is 0 Å². The summed E-state index contributed by atoms with van der Waals surface area (Å²) >= 11 is 0. The van der Waals surface area contributed by atoms with Gasteiger partial charge in [0.2, 0.25) is 5.88 Å². The first-order chi connectivity index (χ1) is 7.51. The van der Waals surface area contributed by atoms with Crippen molar-refractivity contribution in [2.75, 3.05) is 12.4 Å². The number of methoxy groups -OCH3 is 1. The zero-order valence-electron chi connectivity index (χ0n) is 10.4. The lowest BCUT2D eigenvalue weighted by Crippen LogP contribution is -2.33. The number of aryl methyl sites for hydroxylation is 1. The molecule has 4 nitrogen and oxygen atoms in total. The molecule has 0 amide bonds. The van der Waals surface area contributed by atoms with Crippen molar-refractivity contribution < 1.29 is 4.74 Å². The van der Waals surface area contributed by atoms with Crippen LogP contribution in [0.25, 0.3) is 0 Å². The van der Waals surface area contributed by atoms with Crippen LogP contribution < -0.4 is 10.1 Å². The fourth-order valence-corrected chi connectivity index (χ4v) is 1.95. The van der Waals surface area contributed by atoms with Crippen molar-refractivity contribution >= 4 is 5.82 Å². The normalized spacial score (nSPS) is 16.0. The maximum absolute atomic E-state index is 5.14. The molecule has 1 aliphatic rings. The van der Waals surface area contributed by atoms with Crippen LogP contribution >= 0.6 is 0 Å². The Hall–Kier alpha value is -1.32. The van der Waals surface area contributed by atoms with Gasteiger partial charge in [-0.25, -0.2) is 4.98 Å². The summed E-state index contributed by atoms with van der Waals surface area (Å²) in [4.78, 5) is 8.54. The van der Waals surface area contributed by atoms with Gasteiger partial charge in [-0.2, -0.15) is 4.98 Å². The van der Waals surface area contributed by atoms with Crippen LogP contribution in [0.2, 0.25) is 0 Å². The Morgan fingerprint density at radius 2 is 2.06 bits per heavy atom. The largest absolute Gasteiger partial charge is 0.481 e. The first-order valence-electron chi connectivity index (χ1n) is 5.69. The Labute approximate surface area is 96.4 Å². The molecule has 0 unspecified atom stereocenters. The summed E-state index contributed by atoms with van der Waals surface area (Å²) in [5, 5.41) is 3.46. The van der Waals surface area contributed by atoms with E-state index >= 15 is 0 Å². The zero-order chi connectivity index (χ0) is 11.8. The van der Waals surface area contributed by atoms with E-state index in [2.05, 4.69) is 29.1 Å². The average molecular weight is 221 g/mol. The van der Waals surface area contributed by atoms with E-state index in [1.165, 1.54) is 12.8 Å². The maximum atomic E-state index is 5.14. The van der Waals surface area contributed by atoms with Crippen molar-refractivity contribution in [1.82, 2.24) is 9.97 Å². The third kappa shape index (κ3) is 2.43. The predicted molar refractivity (Wildman–Crippen MR) is 63.7 cm³/mol. The second-order valence-electron chi connectivity index (χ2n) is 4.96. The summed E-state index contributed by atoms with van der Waals surface area (Å²) in [6.07, 6.45) is 2.61.